The fourth-order valence-corrected chi connectivity index (χ4v) is 1.88. The SMILES string of the molecule is CC(C)C(CO)COC1CC(C(C)C)CO1. The second-order valence-corrected chi connectivity index (χ2v) is 5.52. The Morgan fingerprint density at radius 2 is 2.00 bits per heavy atom. The maximum atomic E-state index is 9.19. The molecule has 1 fully saturated rings. The van der Waals surface area contributed by atoms with Crippen molar-refractivity contribution in [2.45, 2.75) is 40.4 Å². The van der Waals surface area contributed by atoms with Crippen LogP contribution in [0.3, 0.4) is 0 Å². The molecule has 3 heteroatoms. The Bertz CT molecular complexity index is 192. The highest BCUT2D eigenvalue weighted by Crippen LogP contribution is 2.27. The van der Waals surface area contributed by atoms with Gasteiger partial charge in [-0.05, 0) is 17.8 Å². The summed E-state index contributed by atoms with van der Waals surface area (Å²) >= 11 is 0. The third kappa shape index (κ3) is 4.04. The van der Waals surface area contributed by atoms with Gasteiger partial charge in [-0.25, -0.2) is 0 Å². The van der Waals surface area contributed by atoms with Gasteiger partial charge < -0.3 is 14.6 Å². The summed E-state index contributed by atoms with van der Waals surface area (Å²) in [6.45, 7) is 10.3. The first-order chi connectivity index (χ1) is 7.54. The lowest BCUT2D eigenvalue weighted by atomic mass is 9.95. The summed E-state index contributed by atoms with van der Waals surface area (Å²) in [6, 6.07) is 0. The van der Waals surface area contributed by atoms with Gasteiger partial charge in [0.1, 0.15) is 0 Å². The van der Waals surface area contributed by atoms with E-state index in [-0.39, 0.29) is 18.8 Å². The summed E-state index contributed by atoms with van der Waals surface area (Å²) in [5.41, 5.74) is 0. The summed E-state index contributed by atoms with van der Waals surface area (Å²) in [5.74, 6) is 1.96. The standard InChI is InChI=1S/C13H26O3/c1-9(2)11-5-13(15-7-11)16-8-12(6-14)10(3)4/h9-14H,5-8H2,1-4H3. The van der Waals surface area contributed by atoms with Crippen molar-refractivity contribution < 1.29 is 14.6 Å². The quantitative estimate of drug-likeness (QED) is 0.761. The molecule has 0 spiro atoms. The lowest BCUT2D eigenvalue weighted by Crippen LogP contribution is -2.24. The summed E-state index contributed by atoms with van der Waals surface area (Å²) in [7, 11) is 0. The molecular formula is C13H26O3. The number of rotatable bonds is 6. The second kappa shape index (κ2) is 6.58. The molecule has 0 amide bonds. The molecule has 16 heavy (non-hydrogen) atoms. The number of ether oxygens (including phenoxy) is 2. The Hall–Kier alpha value is -0.120. The Kier molecular flexibility index (Phi) is 5.73. The molecule has 0 bridgehead atoms. The molecule has 0 saturated carbocycles. The molecule has 1 heterocycles. The molecule has 96 valence electrons. The zero-order valence-electron chi connectivity index (χ0n) is 11.0. The smallest absolute Gasteiger partial charge is 0.157 e. The van der Waals surface area contributed by atoms with Crippen LogP contribution in [-0.2, 0) is 9.47 Å². The molecule has 3 unspecified atom stereocenters. The molecule has 1 saturated heterocycles. The van der Waals surface area contributed by atoms with E-state index >= 15 is 0 Å². The summed E-state index contributed by atoms with van der Waals surface area (Å²) in [6.07, 6.45) is 0.939. The molecule has 0 aliphatic carbocycles. The molecule has 0 radical (unpaired) electrons. The van der Waals surface area contributed by atoms with Gasteiger partial charge in [0.2, 0.25) is 0 Å². The van der Waals surface area contributed by atoms with Crippen molar-refractivity contribution in [1.82, 2.24) is 0 Å². The minimum Gasteiger partial charge on any atom is -0.396 e. The van der Waals surface area contributed by atoms with Crippen molar-refractivity contribution in [1.29, 1.82) is 0 Å². The Morgan fingerprint density at radius 3 is 2.44 bits per heavy atom. The normalized spacial score (nSPS) is 27.9. The first-order valence-electron chi connectivity index (χ1n) is 6.38. The maximum absolute atomic E-state index is 9.19. The monoisotopic (exact) mass is 230 g/mol. The summed E-state index contributed by atoms with van der Waals surface area (Å²) in [5, 5.41) is 9.19. The van der Waals surface area contributed by atoms with Gasteiger partial charge in [-0.1, -0.05) is 27.7 Å². The van der Waals surface area contributed by atoms with Crippen molar-refractivity contribution in [2.75, 3.05) is 19.8 Å². The van der Waals surface area contributed by atoms with E-state index in [2.05, 4.69) is 27.7 Å². The highest BCUT2D eigenvalue weighted by molar-refractivity contribution is 4.71. The number of aliphatic hydroxyl groups is 1. The fraction of sp³-hybridized carbons (Fsp3) is 1.00. The molecule has 0 aromatic rings. The minimum absolute atomic E-state index is 0.0554. The lowest BCUT2D eigenvalue weighted by Gasteiger charge is -2.20. The van der Waals surface area contributed by atoms with Crippen LogP contribution in [0.4, 0.5) is 0 Å². The molecular weight excluding hydrogens is 204 g/mol. The van der Waals surface area contributed by atoms with Crippen molar-refractivity contribution in [3.8, 4) is 0 Å². The average Bonchev–Trinajstić information content (AvgIpc) is 2.67. The van der Waals surface area contributed by atoms with Crippen LogP contribution in [0.1, 0.15) is 34.1 Å². The first kappa shape index (κ1) is 13.9. The van der Waals surface area contributed by atoms with Crippen LogP contribution < -0.4 is 0 Å². The molecule has 1 N–H and O–H groups in total. The van der Waals surface area contributed by atoms with E-state index in [0.717, 1.165) is 13.0 Å². The predicted octanol–water partition coefficient (Wildman–Crippen LogP) is 2.29. The van der Waals surface area contributed by atoms with Gasteiger partial charge >= 0.3 is 0 Å². The van der Waals surface area contributed by atoms with Crippen LogP contribution >= 0.6 is 0 Å². The van der Waals surface area contributed by atoms with Crippen LogP contribution in [0.15, 0.2) is 0 Å². The van der Waals surface area contributed by atoms with E-state index < -0.39 is 0 Å². The average molecular weight is 230 g/mol. The van der Waals surface area contributed by atoms with Crippen LogP contribution in [0.25, 0.3) is 0 Å². The van der Waals surface area contributed by atoms with Crippen LogP contribution in [0, 0.1) is 23.7 Å². The highest BCUT2D eigenvalue weighted by atomic mass is 16.7. The zero-order valence-corrected chi connectivity index (χ0v) is 11.0. The third-order valence-corrected chi connectivity index (χ3v) is 3.61. The van der Waals surface area contributed by atoms with Gasteiger partial charge in [0.05, 0.1) is 13.2 Å². The Morgan fingerprint density at radius 1 is 1.31 bits per heavy atom. The van der Waals surface area contributed by atoms with Gasteiger partial charge in [0, 0.05) is 18.9 Å². The van der Waals surface area contributed by atoms with Crippen molar-refractivity contribution in [3.05, 3.63) is 0 Å². The molecule has 1 rings (SSSR count). The Balaban J connectivity index is 2.24. The second-order valence-electron chi connectivity index (χ2n) is 5.52. The minimum atomic E-state index is -0.0554. The van der Waals surface area contributed by atoms with Gasteiger partial charge in [0.15, 0.2) is 6.29 Å². The predicted molar refractivity (Wildman–Crippen MR) is 64.1 cm³/mol. The van der Waals surface area contributed by atoms with Crippen LogP contribution in [0.2, 0.25) is 0 Å². The largest absolute Gasteiger partial charge is 0.396 e. The van der Waals surface area contributed by atoms with E-state index in [1.807, 2.05) is 0 Å². The first-order valence-corrected chi connectivity index (χ1v) is 6.38. The van der Waals surface area contributed by atoms with E-state index in [1.165, 1.54) is 0 Å². The lowest BCUT2D eigenvalue weighted by molar-refractivity contribution is -0.126. The van der Waals surface area contributed by atoms with E-state index in [9.17, 15) is 5.11 Å². The van der Waals surface area contributed by atoms with E-state index in [1.54, 1.807) is 0 Å². The number of hydrogen-bond donors (Lipinski definition) is 1. The topological polar surface area (TPSA) is 38.7 Å². The molecule has 3 nitrogen and oxygen atoms in total. The van der Waals surface area contributed by atoms with E-state index in [0.29, 0.717) is 24.4 Å². The molecule has 0 aromatic heterocycles. The summed E-state index contributed by atoms with van der Waals surface area (Å²) < 4.78 is 11.3. The van der Waals surface area contributed by atoms with Crippen LogP contribution in [0.5, 0.6) is 0 Å². The van der Waals surface area contributed by atoms with E-state index in [4.69, 9.17) is 9.47 Å². The number of aliphatic hydroxyl groups excluding tert-OH is 1. The molecule has 3 atom stereocenters. The van der Waals surface area contributed by atoms with Crippen molar-refractivity contribution in [3.63, 3.8) is 0 Å². The molecule has 1 aliphatic heterocycles. The molecule has 1 aliphatic rings. The van der Waals surface area contributed by atoms with Gasteiger partial charge in [-0.15, -0.1) is 0 Å². The van der Waals surface area contributed by atoms with Crippen molar-refractivity contribution in [2.24, 2.45) is 23.7 Å². The fourth-order valence-electron chi connectivity index (χ4n) is 1.88. The van der Waals surface area contributed by atoms with Gasteiger partial charge in [-0.2, -0.15) is 0 Å². The van der Waals surface area contributed by atoms with Crippen LogP contribution in [-0.4, -0.2) is 31.2 Å². The van der Waals surface area contributed by atoms with Crippen molar-refractivity contribution >= 4 is 0 Å². The maximum Gasteiger partial charge on any atom is 0.157 e. The zero-order chi connectivity index (χ0) is 12.1. The van der Waals surface area contributed by atoms with Gasteiger partial charge in [-0.3, -0.25) is 0 Å². The van der Waals surface area contributed by atoms with Gasteiger partial charge in [0.25, 0.3) is 0 Å². The molecule has 0 aromatic carbocycles. The Labute approximate surface area is 99.1 Å². The third-order valence-electron chi connectivity index (χ3n) is 3.61. The highest BCUT2D eigenvalue weighted by Gasteiger charge is 2.28. The summed E-state index contributed by atoms with van der Waals surface area (Å²) in [4.78, 5) is 0. The number of hydrogen-bond acceptors (Lipinski definition) is 3.